The molecule has 1 N–H and O–H groups in total. The maximum absolute atomic E-state index is 12.0. The molecule has 1 fully saturated rings. The third-order valence-corrected chi connectivity index (χ3v) is 6.48. The number of benzene rings is 1. The summed E-state index contributed by atoms with van der Waals surface area (Å²) in [6, 6.07) is 6.36. The van der Waals surface area contributed by atoms with Crippen LogP contribution in [-0.2, 0) is 24.3 Å². The molecule has 0 bridgehead atoms. The zero-order valence-electron chi connectivity index (χ0n) is 12.7. The van der Waals surface area contributed by atoms with Gasteiger partial charge in [-0.3, -0.25) is 4.18 Å². The second-order valence-electron chi connectivity index (χ2n) is 5.61. The van der Waals surface area contributed by atoms with E-state index in [1.807, 2.05) is 6.92 Å². The molecular formula is C14H21NO5S2. The van der Waals surface area contributed by atoms with Crippen LogP contribution in [0.25, 0.3) is 0 Å². The van der Waals surface area contributed by atoms with E-state index in [2.05, 4.69) is 4.72 Å². The van der Waals surface area contributed by atoms with Gasteiger partial charge in [-0.05, 0) is 44.7 Å². The van der Waals surface area contributed by atoms with Gasteiger partial charge >= 0.3 is 0 Å². The second-order valence-corrected chi connectivity index (χ2v) is 9.27. The number of sulfonamides is 1. The fraction of sp³-hybridized carbons (Fsp3) is 0.571. The van der Waals surface area contributed by atoms with Crippen molar-refractivity contribution in [1.82, 2.24) is 4.72 Å². The van der Waals surface area contributed by atoms with Crippen LogP contribution in [0.1, 0.15) is 25.3 Å². The van der Waals surface area contributed by atoms with E-state index in [0.29, 0.717) is 12.8 Å². The first kappa shape index (κ1) is 17.4. The maximum atomic E-state index is 12.0. The number of nitrogens with one attached hydrogen (secondary N) is 1. The van der Waals surface area contributed by atoms with Gasteiger partial charge in [0, 0.05) is 6.04 Å². The maximum Gasteiger partial charge on any atom is 0.296 e. The lowest BCUT2D eigenvalue weighted by atomic mass is 9.82. The molecule has 0 aliphatic heterocycles. The molecule has 0 saturated heterocycles. The standard InChI is InChI=1S/C14H21NO5S2/c1-3-21(16,17)15-13-8-12(9-13)10-20-22(18,19)14-6-4-11(2)5-7-14/h4-7,12-13,15H,3,8-10H2,1-2H3. The van der Waals surface area contributed by atoms with Crippen LogP contribution in [0.4, 0.5) is 0 Å². The molecule has 1 aliphatic rings. The SMILES string of the molecule is CCS(=O)(=O)NC1CC(COS(=O)(=O)c2ccc(C)cc2)C1. The van der Waals surface area contributed by atoms with E-state index in [-0.39, 0.29) is 29.2 Å². The Balaban J connectivity index is 1.81. The Morgan fingerprint density at radius 3 is 2.27 bits per heavy atom. The van der Waals surface area contributed by atoms with Crippen LogP contribution in [-0.4, -0.2) is 35.2 Å². The number of rotatable bonds is 7. The summed E-state index contributed by atoms with van der Waals surface area (Å²) in [6.45, 7) is 3.54. The minimum absolute atomic E-state index is 0.0481. The van der Waals surface area contributed by atoms with Crippen molar-refractivity contribution >= 4 is 20.1 Å². The van der Waals surface area contributed by atoms with Gasteiger partial charge in [0.05, 0.1) is 17.3 Å². The molecule has 124 valence electrons. The summed E-state index contributed by atoms with van der Waals surface area (Å²) < 4.78 is 54.5. The molecule has 0 amide bonds. The Bertz CT molecular complexity index is 704. The van der Waals surface area contributed by atoms with Gasteiger partial charge in [-0.2, -0.15) is 8.42 Å². The predicted molar refractivity (Wildman–Crippen MR) is 83.4 cm³/mol. The molecule has 22 heavy (non-hydrogen) atoms. The van der Waals surface area contributed by atoms with Crippen LogP contribution >= 0.6 is 0 Å². The molecule has 0 heterocycles. The van der Waals surface area contributed by atoms with Crippen molar-refractivity contribution in [2.75, 3.05) is 12.4 Å². The van der Waals surface area contributed by atoms with Crippen LogP contribution in [0.5, 0.6) is 0 Å². The Hall–Kier alpha value is -0.960. The minimum atomic E-state index is -3.74. The molecule has 1 aromatic rings. The van der Waals surface area contributed by atoms with Crippen LogP contribution in [0.3, 0.4) is 0 Å². The molecule has 0 aromatic heterocycles. The topological polar surface area (TPSA) is 89.5 Å². The molecule has 1 saturated carbocycles. The summed E-state index contributed by atoms with van der Waals surface area (Å²) in [5, 5.41) is 0. The molecule has 2 rings (SSSR count). The second kappa shape index (κ2) is 6.66. The molecular weight excluding hydrogens is 326 g/mol. The summed E-state index contributed by atoms with van der Waals surface area (Å²) in [4.78, 5) is 0.139. The first-order valence-electron chi connectivity index (χ1n) is 7.18. The van der Waals surface area contributed by atoms with Gasteiger partial charge in [0.25, 0.3) is 10.1 Å². The van der Waals surface area contributed by atoms with Gasteiger partial charge in [0.15, 0.2) is 0 Å². The first-order chi connectivity index (χ1) is 10.2. The zero-order valence-corrected chi connectivity index (χ0v) is 14.3. The highest BCUT2D eigenvalue weighted by atomic mass is 32.2. The van der Waals surface area contributed by atoms with Crippen molar-refractivity contribution in [3.63, 3.8) is 0 Å². The Labute approximate surface area is 132 Å². The monoisotopic (exact) mass is 347 g/mol. The summed E-state index contributed by atoms with van der Waals surface area (Å²) in [7, 11) is -6.95. The summed E-state index contributed by atoms with van der Waals surface area (Å²) in [5.74, 6) is 0.108. The van der Waals surface area contributed by atoms with Crippen molar-refractivity contribution in [3.05, 3.63) is 29.8 Å². The van der Waals surface area contributed by atoms with Crippen molar-refractivity contribution in [1.29, 1.82) is 0 Å². The van der Waals surface area contributed by atoms with Crippen molar-refractivity contribution < 1.29 is 21.0 Å². The predicted octanol–water partition coefficient (Wildman–Crippen LogP) is 1.42. The average molecular weight is 347 g/mol. The van der Waals surface area contributed by atoms with Crippen molar-refractivity contribution in [2.24, 2.45) is 5.92 Å². The van der Waals surface area contributed by atoms with Gasteiger partial charge in [0.2, 0.25) is 10.0 Å². The molecule has 0 spiro atoms. The van der Waals surface area contributed by atoms with E-state index in [1.54, 1.807) is 19.1 Å². The molecule has 0 radical (unpaired) electrons. The first-order valence-corrected chi connectivity index (χ1v) is 10.2. The third-order valence-electron chi connectivity index (χ3n) is 3.73. The van der Waals surface area contributed by atoms with Crippen LogP contribution in [0.15, 0.2) is 29.2 Å². The van der Waals surface area contributed by atoms with Crippen molar-refractivity contribution in [2.45, 2.75) is 37.6 Å². The number of hydrogen-bond donors (Lipinski definition) is 1. The quantitative estimate of drug-likeness (QED) is 0.754. The third kappa shape index (κ3) is 4.52. The smallest absolute Gasteiger partial charge is 0.266 e. The van der Waals surface area contributed by atoms with Crippen LogP contribution in [0.2, 0.25) is 0 Å². The van der Waals surface area contributed by atoms with E-state index < -0.39 is 20.1 Å². The fourth-order valence-corrected chi connectivity index (χ4v) is 4.11. The lowest BCUT2D eigenvalue weighted by Gasteiger charge is -2.34. The normalized spacial score (nSPS) is 22.3. The van der Waals surface area contributed by atoms with Gasteiger partial charge in [-0.1, -0.05) is 17.7 Å². The van der Waals surface area contributed by atoms with E-state index in [0.717, 1.165) is 5.56 Å². The summed E-state index contributed by atoms with van der Waals surface area (Å²) in [5.41, 5.74) is 0.976. The van der Waals surface area contributed by atoms with Crippen LogP contribution < -0.4 is 4.72 Å². The molecule has 6 nitrogen and oxygen atoms in total. The molecule has 1 aromatic carbocycles. The lowest BCUT2D eigenvalue weighted by Crippen LogP contribution is -2.46. The molecule has 1 aliphatic carbocycles. The van der Waals surface area contributed by atoms with E-state index in [1.165, 1.54) is 12.1 Å². The largest absolute Gasteiger partial charge is 0.296 e. The molecule has 8 heteroatoms. The van der Waals surface area contributed by atoms with Crippen molar-refractivity contribution in [3.8, 4) is 0 Å². The lowest BCUT2D eigenvalue weighted by molar-refractivity contribution is 0.156. The van der Waals surface area contributed by atoms with Gasteiger partial charge in [-0.15, -0.1) is 0 Å². The van der Waals surface area contributed by atoms with Gasteiger partial charge in [0.1, 0.15) is 0 Å². The van der Waals surface area contributed by atoms with E-state index in [4.69, 9.17) is 4.18 Å². The van der Waals surface area contributed by atoms with Gasteiger partial charge < -0.3 is 0 Å². The van der Waals surface area contributed by atoms with E-state index in [9.17, 15) is 16.8 Å². The highest BCUT2D eigenvalue weighted by molar-refractivity contribution is 7.89. The number of hydrogen-bond acceptors (Lipinski definition) is 5. The minimum Gasteiger partial charge on any atom is -0.266 e. The molecule has 0 unspecified atom stereocenters. The Morgan fingerprint density at radius 1 is 1.14 bits per heavy atom. The zero-order chi connectivity index (χ0) is 16.4. The van der Waals surface area contributed by atoms with E-state index >= 15 is 0 Å². The highest BCUT2D eigenvalue weighted by Gasteiger charge is 2.33. The molecule has 0 atom stereocenters. The van der Waals surface area contributed by atoms with Crippen LogP contribution in [0, 0.1) is 12.8 Å². The van der Waals surface area contributed by atoms with Gasteiger partial charge in [-0.25, -0.2) is 13.1 Å². The Kier molecular flexibility index (Phi) is 5.26. The average Bonchev–Trinajstić information content (AvgIpc) is 2.41. The summed E-state index contributed by atoms with van der Waals surface area (Å²) in [6.07, 6.45) is 1.20. The highest BCUT2D eigenvalue weighted by Crippen LogP contribution is 2.29. The summed E-state index contributed by atoms with van der Waals surface area (Å²) >= 11 is 0. The number of aryl methyl sites for hydroxylation is 1. The Morgan fingerprint density at radius 2 is 1.73 bits per heavy atom. The fourth-order valence-electron chi connectivity index (χ4n) is 2.26.